The van der Waals surface area contributed by atoms with Gasteiger partial charge >= 0.3 is 5.69 Å². The van der Waals surface area contributed by atoms with Crippen LogP contribution in [0.25, 0.3) is 11.2 Å². The predicted octanol–water partition coefficient (Wildman–Crippen LogP) is 2.77. The lowest BCUT2D eigenvalue weighted by molar-refractivity contribution is 0.102. The van der Waals surface area contributed by atoms with Gasteiger partial charge in [-0.25, -0.2) is 9.78 Å². The fraction of sp³-hybridized carbons (Fsp3) is 0.217. The molecule has 0 N–H and O–H groups in total. The molecule has 0 amide bonds. The van der Waals surface area contributed by atoms with Gasteiger partial charge in [-0.3, -0.25) is 18.7 Å². The maximum absolute atomic E-state index is 13.0. The maximum atomic E-state index is 13.0. The molecule has 0 fully saturated rings. The van der Waals surface area contributed by atoms with Crippen LogP contribution in [-0.2, 0) is 20.6 Å². The lowest BCUT2D eigenvalue weighted by Crippen LogP contribution is -2.37. The van der Waals surface area contributed by atoms with Gasteiger partial charge in [-0.2, -0.15) is 0 Å². The Morgan fingerprint density at radius 2 is 1.74 bits per heavy atom. The van der Waals surface area contributed by atoms with Crippen molar-refractivity contribution in [1.29, 1.82) is 0 Å². The fourth-order valence-electron chi connectivity index (χ4n) is 3.51. The van der Waals surface area contributed by atoms with Gasteiger partial charge in [-0.15, -0.1) is 0 Å². The third kappa shape index (κ3) is 3.98. The van der Waals surface area contributed by atoms with E-state index in [0.29, 0.717) is 28.4 Å². The molecule has 0 atom stereocenters. The van der Waals surface area contributed by atoms with Gasteiger partial charge in [0.05, 0.1) is 12.3 Å². The van der Waals surface area contributed by atoms with Crippen LogP contribution in [-0.4, -0.2) is 30.2 Å². The van der Waals surface area contributed by atoms with Gasteiger partial charge in [0.2, 0.25) is 0 Å². The van der Waals surface area contributed by atoms with Crippen molar-refractivity contribution in [3.8, 4) is 0 Å². The summed E-state index contributed by atoms with van der Waals surface area (Å²) in [4.78, 5) is 42.6. The Labute approximate surface area is 183 Å². The number of carbonyl (C=O) groups is 1. The zero-order valence-corrected chi connectivity index (χ0v) is 18.3. The van der Waals surface area contributed by atoms with Gasteiger partial charge in [-0.05, 0) is 12.5 Å². The van der Waals surface area contributed by atoms with E-state index in [9.17, 15) is 14.4 Å². The first-order valence-corrected chi connectivity index (χ1v) is 10.8. The summed E-state index contributed by atoms with van der Waals surface area (Å²) in [6.45, 7) is 2.42. The number of aryl methyl sites for hydroxylation is 2. The van der Waals surface area contributed by atoms with Crippen LogP contribution in [0.5, 0.6) is 0 Å². The highest BCUT2D eigenvalue weighted by Gasteiger charge is 2.20. The third-order valence-electron chi connectivity index (χ3n) is 5.16. The molecule has 2 aromatic heterocycles. The highest BCUT2D eigenvalue weighted by Crippen LogP contribution is 2.24. The van der Waals surface area contributed by atoms with E-state index >= 15 is 0 Å². The number of aromatic nitrogens is 4. The Bertz CT molecular complexity index is 1400. The van der Waals surface area contributed by atoms with Crippen molar-refractivity contribution in [2.75, 3.05) is 5.75 Å². The number of hydrogen-bond acceptors (Lipinski definition) is 5. The minimum atomic E-state index is -0.436. The molecular weight excluding hydrogens is 412 g/mol. The van der Waals surface area contributed by atoms with Gasteiger partial charge in [0, 0.05) is 19.7 Å². The molecule has 158 valence electrons. The topological polar surface area (TPSA) is 78.9 Å². The SMILES string of the molecule is Cc1cccc(Cn2c(SCC(=O)c3ccccc3)nc3c2c(=O)n(C)c(=O)n3C)c1. The Hall–Kier alpha value is -3.39. The number of fused-ring (bicyclic) bond motifs is 1. The van der Waals surface area contributed by atoms with Crippen LogP contribution in [0.2, 0.25) is 0 Å². The van der Waals surface area contributed by atoms with E-state index in [2.05, 4.69) is 4.98 Å². The first-order valence-electron chi connectivity index (χ1n) is 9.79. The van der Waals surface area contributed by atoms with Crippen molar-refractivity contribution < 1.29 is 4.79 Å². The van der Waals surface area contributed by atoms with Crippen LogP contribution in [0.1, 0.15) is 21.5 Å². The Kier molecular flexibility index (Phi) is 5.65. The van der Waals surface area contributed by atoms with Crippen LogP contribution in [0, 0.1) is 6.92 Å². The molecule has 2 heterocycles. The van der Waals surface area contributed by atoms with Crippen LogP contribution in [0.3, 0.4) is 0 Å². The molecule has 2 aromatic carbocycles. The number of Topliss-reactive ketones (excluding diaryl/α,β-unsaturated/α-hetero) is 1. The smallest absolute Gasteiger partial charge is 0.309 e. The molecule has 0 saturated heterocycles. The van der Waals surface area contributed by atoms with Crippen LogP contribution in [0.4, 0.5) is 0 Å². The largest absolute Gasteiger partial charge is 0.332 e. The van der Waals surface area contributed by atoms with E-state index in [1.807, 2.05) is 49.4 Å². The number of thioether (sulfide) groups is 1. The van der Waals surface area contributed by atoms with E-state index in [1.54, 1.807) is 23.7 Å². The van der Waals surface area contributed by atoms with Crippen molar-refractivity contribution in [1.82, 2.24) is 18.7 Å². The van der Waals surface area contributed by atoms with Crippen molar-refractivity contribution >= 4 is 28.7 Å². The Morgan fingerprint density at radius 3 is 2.45 bits per heavy atom. The van der Waals surface area contributed by atoms with Crippen LogP contribution >= 0.6 is 11.8 Å². The second-order valence-corrected chi connectivity index (χ2v) is 8.37. The Morgan fingerprint density at radius 1 is 1.00 bits per heavy atom. The molecule has 4 rings (SSSR count). The van der Waals surface area contributed by atoms with Crippen LogP contribution in [0.15, 0.2) is 69.3 Å². The Balaban J connectivity index is 1.80. The average molecular weight is 435 g/mol. The minimum absolute atomic E-state index is 0.0263. The first-order chi connectivity index (χ1) is 14.9. The molecule has 0 spiro atoms. The molecule has 0 radical (unpaired) electrons. The molecule has 0 unspecified atom stereocenters. The van der Waals surface area contributed by atoms with Crippen molar-refractivity contribution in [3.05, 3.63) is 92.1 Å². The summed E-state index contributed by atoms with van der Waals surface area (Å²) in [6.07, 6.45) is 0. The first kappa shape index (κ1) is 20.9. The molecule has 0 aliphatic rings. The van der Waals surface area contributed by atoms with Gasteiger partial charge in [0.1, 0.15) is 0 Å². The molecule has 0 bridgehead atoms. The molecule has 0 saturated carbocycles. The highest BCUT2D eigenvalue weighted by molar-refractivity contribution is 7.99. The molecule has 0 aliphatic carbocycles. The van der Waals surface area contributed by atoms with Crippen molar-refractivity contribution in [2.24, 2.45) is 14.1 Å². The molecule has 31 heavy (non-hydrogen) atoms. The number of carbonyl (C=O) groups excluding carboxylic acids is 1. The number of ketones is 1. The summed E-state index contributed by atoms with van der Waals surface area (Å²) in [5.74, 6) is 0.150. The minimum Gasteiger partial charge on any atom is -0.309 e. The van der Waals surface area contributed by atoms with E-state index in [1.165, 1.54) is 23.4 Å². The molecule has 7 nitrogen and oxygen atoms in total. The quantitative estimate of drug-likeness (QED) is 0.344. The fourth-order valence-corrected chi connectivity index (χ4v) is 4.40. The van der Waals surface area contributed by atoms with E-state index in [4.69, 9.17) is 0 Å². The van der Waals surface area contributed by atoms with E-state index in [0.717, 1.165) is 15.7 Å². The van der Waals surface area contributed by atoms with Gasteiger partial charge < -0.3 is 4.57 Å². The van der Waals surface area contributed by atoms with Gasteiger partial charge in [0.25, 0.3) is 5.56 Å². The second-order valence-electron chi connectivity index (χ2n) is 7.43. The molecule has 8 heteroatoms. The monoisotopic (exact) mass is 434 g/mol. The zero-order chi connectivity index (χ0) is 22.1. The molecule has 0 aliphatic heterocycles. The molecule has 4 aromatic rings. The number of nitrogens with zero attached hydrogens (tertiary/aromatic N) is 4. The average Bonchev–Trinajstić information content (AvgIpc) is 3.13. The van der Waals surface area contributed by atoms with Crippen molar-refractivity contribution in [2.45, 2.75) is 18.6 Å². The summed E-state index contributed by atoms with van der Waals surface area (Å²) in [7, 11) is 3.05. The molecular formula is C23H22N4O3S. The highest BCUT2D eigenvalue weighted by atomic mass is 32.2. The van der Waals surface area contributed by atoms with Crippen LogP contribution < -0.4 is 11.2 Å². The number of imidazole rings is 1. The predicted molar refractivity (Wildman–Crippen MR) is 122 cm³/mol. The summed E-state index contributed by atoms with van der Waals surface area (Å²) >= 11 is 1.27. The number of hydrogen-bond donors (Lipinski definition) is 0. The third-order valence-corrected chi connectivity index (χ3v) is 6.14. The number of rotatable bonds is 6. The van der Waals surface area contributed by atoms with Crippen molar-refractivity contribution in [3.63, 3.8) is 0 Å². The zero-order valence-electron chi connectivity index (χ0n) is 17.5. The van der Waals surface area contributed by atoms with Gasteiger partial charge in [0.15, 0.2) is 22.1 Å². The normalized spacial score (nSPS) is 11.2. The maximum Gasteiger partial charge on any atom is 0.332 e. The van der Waals surface area contributed by atoms with E-state index < -0.39 is 11.2 Å². The lowest BCUT2D eigenvalue weighted by Gasteiger charge is -2.10. The van der Waals surface area contributed by atoms with Gasteiger partial charge in [-0.1, -0.05) is 71.9 Å². The summed E-state index contributed by atoms with van der Waals surface area (Å²) in [5.41, 5.74) is 2.56. The van der Waals surface area contributed by atoms with E-state index in [-0.39, 0.29) is 11.5 Å². The standard InChI is InChI=1S/C23H22N4O3S/c1-15-8-7-9-16(12-15)13-27-19-20(25(2)23(30)26(3)21(19)29)24-22(27)31-14-18(28)17-10-5-4-6-11-17/h4-12H,13-14H2,1-3H3. The summed E-state index contributed by atoms with van der Waals surface area (Å²) in [6, 6.07) is 17.1. The lowest BCUT2D eigenvalue weighted by atomic mass is 10.1. The summed E-state index contributed by atoms with van der Waals surface area (Å²) in [5, 5.41) is 0.527. The second kappa shape index (κ2) is 8.39. The summed E-state index contributed by atoms with van der Waals surface area (Å²) < 4.78 is 4.25. The number of benzene rings is 2.